The Morgan fingerprint density at radius 3 is 2.50 bits per heavy atom. The molecule has 0 fully saturated rings. The van der Waals surface area contributed by atoms with Gasteiger partial charge < -0.3 is 15.0 Å². The largest absolute Gasteiger partial charge is 0.497 e. The summed E-state index contributed by atoms with van der Waals surface area (Å²) in [5.41, 5.74) is 1.26. The van der Waals surface area contributed by atoms with Crippen LogP contribution in [0.4, 0.5) is 11.4 Å². The molecule has 0 saturated carbocycles. The lowest BCUT2D eigenvalue weighted by Gasteiger charge is -2.22. The van der Waals surface area contributed by atoms with Gasteiger partial charge in [-0.25, -0.2) is 8.42 Å². The van der Waals surface area contributed by atoms with E-state index in [1.54, 1.807) is 72.8 Å². The summed E-state index contributed by atoms with van der Waals surface area (Å²) in [6.07, 6.45) is -0.256. The highest BCUT2D eigenvalue weighted by molar-refractivity contribution is 7.92. The highest BCUT2D eigenvalue weighted by atomic mass is 32.2. The second-order valence-corrected chi connectivity index (χ2v) is 9.48. The second kappa shape index (κ2) is 8.84. The van der Waals surface area contributed by atoms with Gasteiger partial charge in [-0.05, 0) is 29.8 Å². The van der Waals surface area contributed by atoms with Gasteiger partial charge in [0, 0.05) is 18.2 Å². The minimum atomic E-state index is -3.85. The smallest absolute Gasteiger partial charge is 0.244 e. The summed E-state index contributed by atoms with van der Waals surface area (Å²) in [4.78, 5) is 27.2. The van der Waals surface area contributed by atoms with E-state index >= 15 is 0 Å². The lowest BCUT2D eigenvalue weighted by Crippen LogP contribution is -2.38. The lowest BCUT2D eigenvalue weighted by atomic mass is 10.1. The van der Waals surface area contributed by atoms with Crippen molar-refractivity contribution in [3.05, 3.63) is 84.4 Å². The number of nitrogens with zero attached hydrogens (tertiary/aromatic N) is 1. The van der Waals surface area contributed by atoms with Crippen molar-refractivity contribution in [1.82, 2.24) is 0 Å². The third kappa shape index (κ3) is 4.22. The molecule has 1 heterocycles. The zero-order valence-corrected chi connectivity index (χ0v) is 18.2. The quantitative estimate of drug-likeness (QED) is 0.641. The van der Waals surface area contributed by atoms with Gasteiger partial charge in [-0.1, -0.05) is 48.5 Å². The Morgan fingerprint density at radius 1 is 1.03 bits per heavy atom. The zero-order valence-electron chi connectivity index (χ0n) is 17.4. The predicted octanol–water partition coefficient (Wildman–Crippen LogP) is 3.59. The van der Waals surface area contributed by atoms with Gasteiger partial charge in [-0.3, -0.25) is 9.59 Å². The summed E-state index contributed by atoms with van der Waals surface area (Å²) in [7, 11) is -2.33. The molecule has 1 aliphatic heterocycles. The summed E-state index contributed by atoms with van der Waals surface area (Å²) in [6.45, 7) is -0.315. The molecule has 1 unspecified atom stereocenters. The minimum absolute atomic E-state index is 0.0360. The number of nitrogens with one attached hydrogen (secondary N) is 1. The van der Waals surface area contributed by atoms with Crippen LogP contribution in [0.3, 0.4) is 0 Å². The number of rotatable bonds is 5. The lowest BCUT2D eigenvalue weighted by molar-refractivity contribution is -0.121. The van der Waals surface area contributed by atoms with Crippen LogP contribution >= 0.6 is 0 Å². The Balaban J connectivity index is 1.67. The second-order valence-electron chi connectivity index (χ2n) is 7.38. The van der Waals surface area contributed by atoms with E-state index in [9.17, 15) is 18.0 Å². The van der Waals surface area contributed by atoms with Crippen LogP contribution in [0.15, 0.2) is 83.8 Å². The van der Waals surface area contributed by atoms with Crippen LogP contribution in [0.2, 0.25) is 0 Å². The summed E-state index contributed by atoms with van der Waals surface area (Å²) < 4.78 is 32.1. The molecule has 3 aromatic carbocycles. The van der Waals surface area contributed by atoms with E-state index in [1.165, 1.54) is 18.1 Å². The SMILES string of the molecule is COc1cccc(NC(=O)CN2C(=O)CC(c3ccccc3)S(=O)(=O)c3ccccc32)c1. The van der Waals surface area contributed by atoms with Crippen molar-refractivity contribution in [2.75, 3.05) is 23.9 Å². The maximum Gasteiger partial charge on any atom is 0.244 e. The zero-order chi connectivity index (χ0) is 22.7. The van der Waals surface area contributed by atoms with Gasteiger partial charge in [-0.15, -0.1) is 0 Å². The van der Waals surface area contributed by atoms with Crippen molar-refractivity contribution in [3.8, 4) is 5.75 Å². The molecule has 3 aromatic rings. The van der Waals surface area contributed by atoms with Gasteiger partial charge in [0.25, 0.3) is 0 Å². The van der Waals surface area contributed by atoms with Crippen LogP contribution in [0.5, 0.6) is 5.75 Å². The molecule has 2 amide bonds. The number of carbonyl (C=O) groups is 2. The number of fused-ring (bicyclic) bond motifs is 1. The predicted molar refractivity (Wildman–Crippen MR) is 121 cm³/mol. The topological polar surface area (TPSA) is 92.8 Å². The molecule has 1 aliphatic rings. The third-order valence-corrected chi connectivity index (χ3v) is 7.47. The highest BCUT2D eigenvalue weighted by Crippen LogP contribution is 2.40. The number of amides is 2. The van der Waals surface area contributed by atoms with Crippen molar-refractivity contribution in [1.29, 1.82) is 0 Å². The van der Waals surface area contributed by atoms with Gasteiger partial charge in [0.05, 0.1) is 22.9 Å². The molecule has 4 rings (SSSR count). The number of para-hydroxylation sites is 1. The van der Waals surface area contributed by atoms with Crippen molar-refractivity contribution in [2.45, 2.75) is 16.6 Å². The fourth-order valence-corrected chi connectivity index (χ4v) is 5.69. The number of benzene rings is 3. The van der Waals surface area contributed by atoms with E-state index in [-0.39, 0.29) is 23.5 Å². The summed E-state index contributed by atoms with van der Waals surface area (Å²) in [6, 6.07) is 21.8. The molecular weight excluding hydrogens is 428 g/mol. The van der Waals surface area contributed by atoms with Crippen LogP contribution < -0.4 is 15.0 Å². The number of hydrogen-bond donors (Lipinski definition) is 1. The molecule has 8 heteroatoms. The maximum absolute atomic E-state index is 13.5. The Kier molecular flexibility index (Phi) is 5.96. The molecule has 0 aromatic heterocycles. The van der Waals surface area contributed by atoms with Crippen LogP contribution in [0.25, 0.3) is 0 Å². The first-order chi connectivity index (χ1) is 15.4. The van der Waals surface area contributed by atoms with Crippen LogP contribution in [-0.4, -0.2) is 33.9 Å². The van der Waals surface area contributed by atoms with Gasteiger partial charge in [-0.2, -0.15) is 0 Å². The van der Waals surface area contributed by atoms with Crippen LogP contribution in [-0.2, 0) is 19.4 Å². The maximum atomic E-state index is 13.5. The molecule has 1 N–H and O–H groups in total. The van der Waals surface area contributed by atoms with Gasteiger partial charge >= 0.3 is 0 Å². The van der Waals surface area contributed by atoms with Crippen molar-refractivity contribution < 1.29 is 22.7 Å². The fourth-order valence-electron chi connectivity index (χ4n) is 3.77. The van der Waals surface area contributed by atoms with Gasteiger partial charge in [0.15, 0.2) is 9.84 Å². The molecule has 0 radical (unpaired) electrons. The Bertz CT molecular complexity index is 1260. The number of hydrogen-bond acceptors (Lipinski definition) is 5. The van der Waals surface area contributed by atoms with E-state index in [2.05, 4.69) is 5.32 Å². The fraction of sp³-hybridized carbons (Fsp3) is 0.167. The molecule has 0 aliphatic carbocycles. The van der Waals surface area contributed by atoms with E-state index in [0.29, 0.717) is 17.0 Å². The molecule has 1 atom stereocenters. The number of carbonyl (C=O) groups excluding carboxylic acids is 2. The number of anilines is 2. The van der Waals surface area contributed by atoms with Crippen molar-refractivity contribution in [2.24, 2.45) is 0 Å². The van der Waals surface area contributed by atoms with E-state index < -0.39 is 26.9 Å². The number of methoxy groups -OCH3 is 1. The molecule has 0 saturated heterocycles. The third-order valence-electron chi connectivity index (χ3n) is 5.32. The Hall–Kier alpha value is -3.65. The number of sulfone groups is 1. The standard InChI is InChI=1S/C24H22N2O5S/c1-31-19-11-7-10-18(14-19)25-23(27)16-26-20-12-5-6-13-21(20)32(29,30)22(15-24(26)28)17-8-3-2-4-9-17/h2-14,22H,15-16H2,1H3,(H,25,27). The molecule has 32 heavy (non-hydrogen) atoms. The first kappa shape index (κ1) is 21.6. The minimum Gasteiger partial charge on any atom is -0.497 e. The molecule has 7 nitrogen and oxygen atoms in total. The highest BCUT2D eigenvalue weighted by Gasteiger charge is 2.39. The summed E-state index contributed by atoms with van der Waals surface area (Å²) in [5, 5.41) is 1.71. The summed E-state index contributed by atoms with van der Waals surface area (Å²) >= 11 is 0. The summed E-state index contributed by atoms with van der Waals surface area (Å²) in [5.74, 6) is -0.305. The van der Waals surface area contributed by atoms with Crippen molar-refractivity contribution in [3.63, 3.8) is 0 Å². The van der Waals surface area contributed by atoms with Crippen LogP contribution in [0, 0.1) is 0 Å². The molecule has 0 spiro atoms. The number of ether oxygens (including phenoxy) is 1. The Labute approximate surface area is 186 Å². The first-order valence-corrected chi connectivity index (χ1v) is 11.6. The van der Waals surface area contributed by atoms with Gasteiger partial charge in [0.2, 0.25) is 11.8 Å². The molecule has 164 valence electrons. The van der Waals surface area contributed by atoms with E-state index in [0.717, 1.165) is 0 Å². The molecular formula is C24H22N2O5S. The van der Waals surface area contributed by atoms with Crippen molar-refractivity contribution >= 4 is 33.0 Å². The normalized spacial score (nSPS) is 17.2. The van der Waals surface area contributed by atoms with Gasteiger partial charge in [0.1, 0.15) is 12.3 Å². The molecule has 0 bridgehead atoms. The average molecular weight is 451 g/mol. The Morgan fingerprint density at radius 2 is 1.75 bits per heavy atom. The van der Waals surface area contributed by atoms with E-state index in [1.807, 2.05) is 0 Å². The van der Waals surface area contributed by atoms with Crippen LogP contribution in [0.1, 0.15) is 17.2 Å². The first-order valence-electron chi connectivity index (χ1n) is 10.0. The monoisotopic (exact) mass is 450 g/mol. The average Bonchev–Trinajstić information content (AvgIpc) is 2.88. The van der Waals surface area contributed by atoms with E-state index in [4.69, 9.17) is 4.74 Å².